The number of nitrogens with zero attached hydrogens (tertiary/aromatic N) is 3. The van der Waals surface area contributed by atoms with Crippen molar-refractivity contribution in [3.63, 3.8) is 0 Å². The molecule has 146 valence electrons. The minimum Gasteiger partial charge on any atom is -0.508 e. The average Bonchev–Trinajstić information content (AvgIpc) is 2.76. The summed E-state index contributed by atoms with van der Waals surface area (Å²) in [5.74, 6) is 2.27. The molecule has 0 bridgehead atoms. The van der Waals surface area contributed by atoms with Crippen LogP contribution >= 0.6 is 0 Å². The monoisotopic (exact) mass is 394 g/mol. The van der Waals surface area contributed by atoms with Gasteiger partial charge in [-0.3, -0.25) is 4.98 Å². The maximum Gasteiger partial charge on any atom is 0.153 e. The second kappa shape index (κ2) is 7.33. The Bertz CT molecular complexity index is 1380. The zero-order valence-corrected chi connectivity index (χ0v) is 16.2. The third kappa shape index (κ3) is 3.35. The van der Waals surface area contributed by atoms with Gasteiger partial charge < -0.3 is 15.2 Å². The minimum atomic E-state index is 0.170. The molecule has 5 rings (SSSR count). The van der Waals surface area contributed by atoms with Gasteiger partial charge in [-0.1, -0.05) is 18.2 Å². The van der Waals surface area contributed by atoms with Gasteiger partial charge >= 0.3 is 0 Å². The van der Waals surface area contributed by atoms with Crippen LogP contribution in [-0.2, 0) is 0 Å². The van der Waals surface area contributed by atoms with Crippen LogP contribution in [0.5, 0.6) is 17.2 Å². The van der Waals surface area contributed by atoms with E-state index in [9.17, 15) is 5.11 Å². The molecule has 6 nitrogen and oxygen atoms in total. The lowest BCUT2D eigenvalue weighted by atomic mass is 10.1. The minimum absolute atomic E-state index is 0.170. The van der Waals surface area contributed by atoms with E-state index in [0.717, 1.165) is 38.8 Å². The molecule has 0 unspecified atom stereocenters. The first kappa shape index (κ1) is 17.9. The summed E-state index contributed by atoms with van der Waals surface area (Å²) < 4.78 is 6.16. The van der Waals surface area contributed by atoms with Crippen molar-refractivity contribution >= 4 is 33.3 Å². The van der Waals surface area contributed by atoms with Gasteiger partial charge in [0.1, 0.15) is 29.2 Å². The molecule has 0 aliphatic carbocycles. The van der Waals surface area contributed by atoms with E-state index in [-0.39, 0.29) is 5.75 Å². The third-order valence-electron chi connectivity index (χ3n) is 4.87. The quantitative estimate of drug-likeness (QED) is 0.405. The van der Waals surface area contributed by atoms with Gasteiger partial charge in [-0.05, 0) is 61.0 Å². The number of aromatic hydroxyl groups is 1. The second-order valence-electron chi connectivity index (χ2n) is 6.96. The largest absolute Gasteiger partial charge is 0.508 e. The maximum absolute atomic E-state index is 9.81. The Morgan fingerprint density at radius 1 is 0.867 bits per heavy atom. The van der Waals surface area contributed by atoms with E-state index >= 15 is 0 Å². The number of aryl methyl sites for hydroxylation is 1. The topological polar surface area (TPSA) is 80.2 Å². The molecule has 0 saturated heterocycles. The van der Waals surface area contributed by atoms with Gasteiger partial charge in [0.2, 0.25) is 0 Å². The lowest BCUT2D eigenvalue weighted by Gasteiger charge is -2.13. The number of hydrogen-bond donors (Lipinski definition) is 2. The predicted octanol–water partition coefficient (Wildman–Crippen LogP) is 5.73. The van der Waals surface area contributed by atoms with Gasteiger partial charge in [0.05, 0.1) is 5.52 Å². The molecule has 2 aromatic heterocycles. The molecule has 0 spiro atoms. The molecule has 0 radical (unpaired) electrons. The summed E-state index contributed by atoms with van der Waals surface area (Å²) in [6, 6.07) is 20.7. The summed E-state index contributed by atoms with van der Waals surface area (Å²) in [5.41, 5.74) is 3.41. The molecule has 30 heavy (non-hydrogen) atoms. The van der Waals surface area contributed by atoms with E-state index in [1.807, 2.05) is 55.5 Å². The van der Waals surface area contributed by atoms with Gasteiger partial charge in [-0.15, -0.1) is 0 Å². The van der Waals surface area contributed by atoms with Crippen molar-refractivity contribution < 1.29 is 9.84 Å². The second-order valence-corrected chi connectivity index (χ2v) is 6.96. The van der Waals surface area contributed by atoms with E-state index in [1.165, 1.54) is 6.33 Å². The lowest BCUT2D eigenvalue weighted by Crippen LogP contribution is -1.97. The van der Waals surface area contributed by atoms with Crippen LogP contribution in [-0.4, -0.2) is 20.1 Å². The molecule has 0 fully saturated rings. The molecule has 2 N–H and O–H groups in total. The molecule has 2 heterocycles. The standard InChI is InChI=1S/C24H18N4O2/c1-15-12-17(28-24-19-13-18(29)8-9-20(19)26-14-27-24)7-10-21(15)30-22-6-2-4-16-5-3-11-25-23(16)22/h2-14,29H,1H3,(H,26,27,28). The number of anilines is 2. The van der Waals surface area contributed by atoms with Crippen LogP contribution in [0, 0.1) is 6.92 Å². The van der Waals surface area contributed by atoms with Crippen molar-refractivity contribution in [1.82, 2.24) is 15.0 Å². The van der Waals surface area contributed by atoms with Crippen LogP contribution < -0.4 is 10.1 Å². The Morgan fingerprint density at radius 3 is 2.67 bits per heavy atom. The van der Waals surface area contributed by atoms with Crippen molar-refractivity contribution in [2.45, 2.75) is 6.92 Å². The summed E-state index contributed by atoms with van der Waals surface area (Å²) in [5, 5.41) is 14.9. The number of para-hydroxylation sites is 1. The molecular formula is C24H18N4O2. The number of aromatic nitrogens is 3. The van der Waals surface area contributed by atoms with E-state index in [4.69, 9.17) is 4.74 Å². The van der Waals surface area contributed by atoms with Crippen LogP contribution in [0.15, 0.2) is 79.3 Å². The van der Waals surface area contributed by atoms with Crippen molar-refractivity contribution in [2.75, 3.05) is 5.32 Å². The van der Waals surface area contributed by atoms with Crippen LogP contribution in [0.4, 0.5) is 11.5 Å². The Hall–Kier alpha value is -4.19. The van der Waals surface area contributed by atoms with Crippen LogP contribution in [0.1, 0.15) is 5.56 Å². The highest BCUT2D eigenvalue weighted by Gasteiger charge is 2.09. The number of pyridine rings is 1. The Balaban J connectivity index is 1.45. The van der Waals surface area contributed by atoms with Gasteiger partial charge in [-0.25, -0.2) is 9.97 Å². The van der Waals surface area contributed by atoms with E-state index in [1.54, 1.807) is 24.4 Å². The van der Waals surface area contributed by atoms with Crippen molar-refractivity contribution in [2.24, 2.45) is 0 Å². The van der Waals surface area contributed by atoms with Gasteiger partial charge in [0.25, 0.3) is 0 Å². The Kier molecular flexibility index (Phi) is 4.37. The fourth-order valence-electron chi connectivity index (χ4n) is 3.40. The number of phenols is 1. The number of fused-ring (bicyclic) bond motifs is 2. The van der Waals surface area contributed by atoms with Crippen LogP contribution in [0.2, 0.25) is 0 Å². The normalized spacial score (nSPS) is 11.0. The zero-order valence-electron chi connectivity index (χ0n) is 16.2. The highest BCUT2D eigenvalue weighted by atomic mass is 16.5. The van der Waals surface area contributed by atoms with Gasteiger partial charge in [0.15, 0.2) is 5.75 Å². The van der Waals surface area contributed by atoms with Gasteiger partial charge in [0, 0.05) is 22.7 Å². The molecule has 5 aromatic rings. The maximum atomic E-state index is 9.81. The number of rotatable bonds is 4. The smallest absolute Gasteiger partial charge is 0.153 e. The molecule has 0 saturated carbocycles. The summed E-state index contributed by atoms with van der Waals surface area (Å²) in [6.07, 6.45) is 3.26. The first-order valence-electron chi connectivity index (χ1n) is 9.50. The first-order valence-corrected chi connectivity index (χ1v) is 9.50. The predicted molar refractivity (Wildman–Crippen MR) is 117 cm³/mol. The van der Waals surface area contributed by atoms with E-state index in [0.29, 0.717) is 11.6 Å². The lowest BCUT2D eigenvalue weighted by molar-refractivity contribution is 0.476. The number of benzene rings is 3. The fourth-order valence-corrected chi connectivity index (χ4v) is 3.40. The van der Waals surface area contributed by atoms with Crippen molar-refractivity contribution in [3.8, 4) is 17.2 Å². The molecule has 0 atom stereocenters. The third-order valence-corrected chi connectivity index (χ3v) is 4.87. The fraction of sp³-hybridized carbons (Fsp3) is 0.0417. The Labute approximate surface area is 172 Å². The van der Waals surface area contributed by atoms with E-state index < -0.39 is 0 Å². The van der Waals surface area contributed by atoms with Crippen molar-refractivity contribution in [1.29, 1.82) is 0 Å². The molecule has 0 aliphatic rings. The molecule has 0 amide bonds. The SMILES string of the molecule is Cc1cc(Nc2ncnc3ccc(O)cc23)ccc1Oc1cccc2cccnc12. The number of nitrogens with one attached hydrogen (secondary N) is 1. The molecule has 6 heteroatoms. The molecule has 3 aromatic carbocycles. The highest BCUT2D eigenvalue weighted by molar-refractivity contribution is 5.91. The van der Waals surface area contributed by atoms with Gasteiger partial charge in [-0.2, -0.15) is 0 Å². The number of ether oxygens (including phenoxy) is 1. The summed E-state index contributed by atoms with van der Waals surface area (Å²) in [7, 11) is 0. The van der Waals surface area contributed by atoms with Crippen LogP contribution in [0.25, 0.3) is 21.8 Å². The summed E-state index contributed by atoms with van der Waals surface area (Å²) in [6.45, 7) is 1.99. The zero-order chi connectivity index (χ0) is 20.5. The Morgan fingerprint density at radius 2 is 1.77 bits per heavy atom. The number of hydrogen-bond acceptors (Lipinski definition) is 6. The molecular weight excluding hydrogens is 376 g/mol. The van der Waals surface area contributed by atoms with Crippen LogP contribution in [0.3, 0.4) is 0 Å². The summed E-state index contributed by atoms with van der Waals surface area (Å²) >= 11 is 0. The van der Waals surface area contributed by atoms with E-state index in [2.05, 4.69) is 20.3 Å². The number of phenolic OH excluding ortho intramolecular Hbond substituents is 1. The van der Waals surface area contributed by atoms with Crippen molar-refractivity contribution in [3.05, 3.63) is 84.8 Å². The highest BCUT2D eigenvalue weighted by Crippen LogP contribution is 2.33. The first-order chi connectivity index (χ1) is 14.7. The average molecular weight is 394 g/mol. The molecule has 0 aliphatic heterocycles. The summed E-state index contributed by atoms with van der Waals surface area (Å²) in [4.78, 5) is 13.0.